The maximum absolute atomic E-state index is 12.2. The average Bonchev–Trinajstić information content (AvgIpc) is 2.64. The summed E-state index contributed by atoms with van der Waals surface area (Å²) in [6.07, 6.45) is 2.31. The summed E-state index contributed by atoms with van der Waals surface area (Å²) in [7, 11) is 0. The molecule has 8 heteroatoms. The molecule has 1 aliphatic heterocycles. The first-order chi connectivity index (χ1) is 13.1. The van der Waals surface area contributed by atoms with Gasteiger partial charge in [0.05, 0.1) is 18.9 Å². The van der Waals surface area contributed by atoms with E-state index in [2.05, 4.69) is 14.9 Å². The Morgan fingerprint density at radius 3 is 2.89 bits per heavy atom. The maximum Gasteiger partial charge on any atom is 0.264 e. The van der Waals surface area contributed by atoms with Crippen molar-refractivity contribution in [3.05, 3.63) is 50.5 Å². The van der Waals surface area contributed by atoms with Crippen LogP contribution >= 0.6 is 12.2 Å². The summed E-state index contributed by atoms with van der Waals surface area (Å²) < 4.78 is 6.92. The topological polar surface area (TPSA) is 82.8 Å². The second-order valence-corrected chi connectivity index (χ2v) is 6.90. The van der Waals surface area contributed by atoms with Gasteiger partial charge in [0.2, 0.25) is 5.88 Å². The zero-order valence-corrected chi connectivity index (χ0v) is 16.2. The molecular weight excluding hydrogens is 364 g/mol. The lowest BCUT2D eigenvalue weighted by Crippen LogP contribution is -2.37. The maximum atomic E-state index is 12.2. The van der Waals surface area contributed by atoms with Crippen molar-refractivity contribution in [1.82, 2.24) is 14.5 Å². The minimum absolute atomic E-state index is 0.108. The minimum atomic E-state index is -0.446. The van der Waals surface area contributed by atoms with Gasteiger partial charge in [0.25, 0.3) is 5.56 Å². The Kier molecular flexibility index (Phi) is 6.54. The van der Waals surface area contributed by atoms with E-state index in [1.165, 1.54) is 10.8 Å². The summed E-state index contributed by atoms with van der Waals surface area (Å²) in [5.74, 6) is -0.203. The van der Waals surface area contributed by atoms with Crippen molar-refractivity contribution < 1.29 is 9.84 Å². The molecule has 27 heavy (non-hydrogen) atoms. The van der Waals surface area contributed by atoms with Gasteiger partial charge in [0.15, 0.2) is 4.77 Å². The van der Waals surface area contributed by atoms with E-state index in [1.807, 2.05) is 31.2 Å². The smallest absolute Gasteiger partial charge is 0.264 e. The predicted molar refractivity (Wildman–Crippen MR) is 108 cm³/mol. The molecule has 144 valence electrons. The first-order valence-electron chi connectivity index (χ1n) is 9.01. The van der Waals surface area contributed by atoms with E-state index in [0.717, 1.165) is 44.8 Å². The van der Waals surface area contributed by atoms with Gasteiger partial charge < -0.3 is 9.84 Å². The van der Waals surface area contributed by atoms with Crippen molar-refractivity contribution in [3.8, 4) is 11.6 Å². The number of nitrogens with one attached hydrogen (secondary N) is 1. The third-order valence-electron chi connectivity index (χ3n) is 4.47. The Labute approximate surface area is 162 Å². The number of aromatic hydroxyl groups is 1. The zero-order valence-electron chi connectivity index (χ0n) is 15.4. The number of aliphatic imine (C=N–C) groups is 1. The van der Waals surface area contributed by atoms with Crippen molar-refractivity contribution in [2.45, 2.75) is 13.3 Å². The lowest BCUT2D eigenvalue weighted by molar-refractivity contribution is 0.0377. The molecule has 2 heterocycles. The van der Waals surface area contributed by atoms with E-state index in [1.54, 1.807) is 0 Å². The number of aromatic nitrogens is 2. The molecule has 1 aromatic carbocycles. The molecule has 2 aromatic rings. The molecule has 1 fully saturated rings. The fourth-order valence-corrected chi connectivity index (χ4v) is 3.31. The number of aryl methyl sites for hydroxylation is 1. The summed E-state index contributed by atoms with van der Waals surface area (Å²) >= 11 is 5.23. The van der Waals surface area contributed by atoms with Gasteiger partial charge in [-0.05, 0) is 43.3 Å². The summed E-state index contributed by atoms with van der Waals surface area (Å²) in [5.41, 5.74) is 1.38. The summed E-state index contributed by atoms with van der Waals surface area (Å²) in [6.45, 7) is 6.92. The Morgan fingerprint density at radius 1 is 1.37 bits per heavy atom. The molecule has 1 saturated heterocycles. The molecule has 0 saturated carbocycles. The zero-order chi connectivity index (χ0) is 19.2. The van der Waals surface area contributed by atoms with Crippen molar-refractivity contribution >= 4 is 18.4 Å². The van der Waals surface area contributed by atoms with E-state index >= 15 is 0 Å². The monoisotopic (exact) mass is 388 g/mol. The number of ether oxygens (including phenoxy) is 1. The molecule has 1 aliphatic rings. The molecule has 0 amide bonds. The van der Waals surface area contributed by atoms with Crippen LogP contribution in [0.15, 0.2) is 34.1 Å². The highest BCUT2D eigenvalue weighted by atomic mass is 32.1. The Morgan fingerprint density at radius 2 is 2.15 bits per heavy atom. The van der Waals surface area contributed by atoms with E-state index in [9.17, 15) is 9.90 Å². The standard InChI is InChI=1S/C19H24N4O3S/c1-14-4-2-5-15(12-14)23-18(25)16(17(24)21-19(23)27)13-20-6-3-7-22-8-10-26-11-9-22/h2,4-5,12-13,25H,3,6-11H2,1H3,(H,21,24,27). The van der Waals surface area contributed by atoms with Crippen LogP contribution in [0.5, 0.6) is 5.88 Å². The van der Waals surface area contributed by atoms with E-state index in [-0.39, 0.29) is 16.2 Å². The van der Waals surface area contributed by atoms with Crippen molar-refractivity contribution in [1.29, 1.82) is 0 Å². The molecule has 3 rings (SSSR count). The van der Waals surface area contributed by atoms with Gasteiger partial charge in [-0.1, -0.05) is 12.1 Å². The van der Waals surface area contributed by atoms with E-state index in [4.69, 9.17) is 17.0 Å². The normalized spacial score (nSPS) is 15.4. The number of rotatable bonds is 6. The highest BCUT2D eigenvalue weighted by molar-refractivity contribution is 7.71. The molecule has 0 radical (unpaired) electrons. The Hall–Kier alpha value is -2.29. The quantitative estimate of drug-likeness (QED) is 0.450. The van der Waals surface area contributed by atoms with Crippen LogP contribution in [-0.2, 0) is 4.74 Å². The number of aromatic amines is 1. The first kappa shape index (κ1) is 19.5. The molecule has 1 aromatic heterocycles. The summed E-state index contributed by atoms with van der Waals surface area (Å²) in [5, 5.41) is 10.6. The third kappa shape index (κ3) is 4.91. The van der Waals surface area contributed by atoms with Gasteiger partial charge in [-0.3, -0.25) is 24.2 Å². The highest BCUT2D eigenvalue weighted by Crippen LogP contribution is 2.19. The predicted octanol–water partition coefficient (Wildman–Crippen LogP) is 2.05. The van der Waals surface area contributed by atoms with Crippen LogP contribution in [-0.4, -0.2) is 65.2 Å². The first-order valence-corrected chi connectivity index (χ1v) is 9.42. The second kappa shape index (κ2) is 9.07. The Balaban J connectivity index is 1.74. The van der Waals surface area contributed by atoms with E-state index in [0.29, 0.717) is 12.2 Å². The summed E-state index contributed by atoms with van der Waals surface area (Å²) in [6, 6.07) is 7.53. The van der Waals surface area contributed by atoms with Gasteiger partial charge in [0.1, 0.15) is 5.56 Å². The van der Waals surface area contributed by atoms with Crippen LogP contribution in [0.4, 0.5) is 0 Å². The fraction of sp³-hybridized carbons (Fsp3) is 0.421. The van der Waals surface area contributed by atoms with Crippen LogP contribution in [0.2, 0.25) is 0 Å². The number of benzene rings is 1. The third-order valence-corrected chi connectivity index (χ3v) is 4.75. The van der Waals surface area contributed by atoms with Gasteiger partial charge in [-0.15, -0.1) is 0 Å². The lowest BCUT2D eigenvalue weighted by Gasteiger charge is -2.26. The Bertz CT molecular complexity index is 929. The second-order valence-electron chi connectivity index (χ2n) is 6.51. The highest BCUT2D eigenvalue weighted by Gasteiger charge is 2.13. The number of hydrogen-bond acceptors (Lipinski definition) is 6. The number of morpholine rings is 1. The minimum Gasteiger partial charge on any atom is -0.494 e. The van der Waals surface area contributed by atoms with Crippen LogP contribution in [0, 0.1) is 11.7 Å². The van der Waals surface area contributed by atoms with Crippen LogP contribution < -0.4 is 5.56 Å². The molecule has 7 nitrogen and oxygen atoms in total. The van der Waals surface area contributed by atoms with E-state index < -0.39 is 5.56 Å². The van der Waals surface area contributed by atoms with Gasteiger partial charge >= 0.3 is 0 Å². The van der Waals surface area contributed by atoms with Gasteiger partial charge in [0, 0.05) is 32.4 Å². The average molecular weight is 388 g/mol. The molecule has 0 aliphatic carbocycles. The fourth-order valence-electron chi connectivity index (χ4n) is 3.03. The molecule has 0 unspecified atom stereocenters. The van der Waals surface area contributed by atoms with Crippen molar-refractivity contribution in [2.24, 2.45) is 4.99 Å². The van der Waals surface area contributed by atoms with Crippen LogP contribution in [0.25, 0.3) is 5.69 Å². The number of hydrogen-bond donors (Lipinski definition) is 2. The summed E-state index contributed by atoms with van der Waals surface area (Å²) in [4.78, 5) is 21.5. The molecule has 0 bridgehead atoms. The van der Waals surface area contributed by atoms with Crippen LogP contribution in [0.1, 0.15) is 17.5 Å². The SMILES string of the molecule is Cc1cccc(-n2c(O)c(C=NCCCN3CCOCC3)c(=O)[nH]c2=S)c1. The van der Waals surface area contributed by atoms with Crippen molar-refractivity contribution in [2.75, 3.05) is 39.4 Å². The lowest BCUT2D eigenvalue weighted by atomic mass is 10.2. The molecular formula is C19H24N4O3S. The number of nitrogens with zero attached hydrogens (tertiary/aromatic N) is 3. The molecule has 0 atom stereocenters. The molecule has 0 spiro atoms. The largest absolute Gasteiger partial charge is 0.494 e. The number of H-pyrrole nitrogens is 1. The van der Waals surface area contributed by atoms with Gasteiger partial charge in [-0.2, -0.15) is 0 Å². The molecule has 2 N–H and O–H groups in total. The van der Waals surface area contributed by atoms with Crippen molar-refractivity contribution in [3.63, 3.8) is 0 Å². The van der Waals surface area contributed by atoms with Crippen LogP contribution in [0.3, 0.4) is 0 Å². The van der Waals surface area contributed by atoms with Gasteiger partial charge in [-0.25, -0.2) is 0 Å².